The molecule has 212 valence electrons. The van der Waals surface area contributed by atoms with Crippen LogP contribution in [-0.4, -0.2) is 59.5 Å². The smallest absolute Gasteiger partial charge is 0.407 e. The number of hydrogen-bond acceptors (Lipinski definition) is 6. The number of carbonyl (C=O) groups excluding carboxylic acids is 4. The highest BCUT2D eigenvalue weighted by Gasteiger charge is 2.35. The normalized spacial score (nSPS) is 14.0. The van der Waals surface area contributed by atoms with E-state index in [2.05, 4.69) is 16.0 Å². The van der Waals surface area contributed by atoms with Gasteiger partial charge in [-0.15, -0.1) is 0 Å². The Kier molecular flexibility index (Phi) is 9.13. The molecule has 3 aromatic rings. The summed E-state index contributed by atoms with van der Waals surface area (Å²) >= 11 is 0. The fourth-order valence-electron chi connectivity index (χ4n) is 4.80. The Labute approximate surface area is 237 Å². The van der Waals surface area contributed by atoms with Crippen LogP contribution in [0.2, 0.25) is 0 Å². The Morgan fingerprint density at radius 2 is 1.34 bits per heavy atom. The van der Waals surface area contributed by atoms with Crippen molar-refractivity contribution < 1.29 is 33.8 Å². The Morgan fingerprint density at radius 3 is 1.93 bits per heavy atom. The molecule has 0 fully saturated rings. The highest BCUT2D eigenvalue weighted by molar-refractivity contribution is 6.39. The summed E-state index contributed by atoms with van der Waals surface area (Å²) in [5.41, 5.74) is 4.87. The second kappa shape index (κ2) is 12.9. The molecule has 3 atom stereocenters. The van der Waals surface area contributed by atoms with Gasteiger partial charge in [0.15, 0.2) is 0 Å². The van der Waals surface area contributed by atoms with E-state index < -0.39 is 47.8 Å². The van der Waals surface area contributed by atoms with Gasteiger partial charge in [-0.25, -0.2) is 4.79 Å². The molecule has 0 heterocycles. The molecule has 0 saturated carbocycles. The van der Waals surface area contributed by atoms with E-state index in [0.717, 1.165) is 22.3 Å². The number of carboxylic acid groups (broad SMARTS) is 1. The van der Waals surface area contributed by atoms with Gasteiger partial charge in [0.1, 0.15) is 18.7 Å². The van der Waals surface area contributed by atoms with Crippen molar-refractivity contribution in [1.82, 2.24) is 16.0 Å². The van der Waals surface area contributed by atoms with E-state index in [1.54, 1.807) is 30.3 Å². The third-order valence-electron chi connectivity index (χ3n) is 6.94. The van der Waals surface area contributed by atoms with Crippen molar-refractivity contribution in [2.24, 2.45) is 0 Å². The first-order valence-electron chi connectivity index (χ1n) is 13.2. The van der Waals surface area contributed by atoms with Gasteiger partial charge in [0.25, 0.3) is 5.91 Å². The molecule has 0 saturated heterocycles. The van der Waals surface area contributed by atoms with Gasteiger partial charge in [-0.2, -0.15) is 0 Å². The van der Waals surface area contributed by atoms with Crippen LogP contribution in [0.5, 0.6) is 0 Å². The third kappa shape index (κ3) is 6.96. The molecule has 10 heteroatoms. The maximum Gasteiger partial charge on any atom is 0.407 e. The number of amides is 3. The summed E-state index contributed by atoms with van der Waals surface area (Å²) in [5, 5.41) is 16.2. The molecule has 3 amide bonds. The fourth-order valence-corrected chi connectivity index (χ4v) is 4.80. The fraction of sp³-hybridized carbons (Fsp3) is 0.258. The SMILES string of the molecule is C[C@H](NC(=O)C(=O)[C@@H](NC(=O)Cc1ccccc1)[C@@H](C)NC(=O)OCC1c2ccccc2-c2ccccc21)C(=O)O. The lowest BCUT2D eigenvalue weighted by Crippen LogP contribution is -2.58. The van der Waals surface area contributed by atoms with Crippen LogP contribution in [0, 0.1) is 0 Å². The number of nitrogens with one attached hydrogen (secondary N) is 3. The average molecular weight is 558 g/mol. The molecule has 0 unspecified atom stereocenters. The van der Waals surface area contributed by atoms with E-state index in [4.69, 9.17) is 9.84 Å². The van der Waals surface area contributed by atoms with Crippen molar-refractivity contribution in [1.29, 1.82) is 0 Å². The van der Waals surface area contributed by atoms with E-state index in [9.17, 15) is 24.0 Å². The van der Waals surface area contributed by atoms with Crippen LogP contribution in [0.4, 0.5) is 4.79 Å². The van der Waals surface area contributed by atoms with Gasteiger partial charge in [0.05, 0.1) is 12.5 Å². The molecule has 0 radical (unpaired) electrons. The summed E-state index contributed by atoms with van der Waals surface area (Å²) in [6.07, 6.45) is -0.913. The summed E-state index contributed by atoms with van der Waals surface area (Å²) in [6, 6.07) is 20.6. The molecule has 1 aliphatic carbocycles. The molecule has 0 spiro atoms. The van der Waals surface area contributed by atoms with Gasteiger partial charge in [-0.3, -0.25) is 19.2 Å². The van der Waals surface area contributed by atoms with E-state index in [1.807, 2.05) is 48.5 Å². The Bertz CT molecular complexity index is 1410. The molecule has 10 nitrogen and oxygen atoms in total. The van der Waals surface area contributed by atoms with Crippen LogP contribution in [0.1, 0.15) is 36.5 Å². The summed E-state index contributed by atoms with van der Waals surface area (Å²) in [6.45, 7) is 2.68. The van der Waals surface area contributed by atoms with Crippen molar-refractivity contribution in [3.05, 3.63) is 95.6 Å². The second-order valence-electron chi connectivity index (χ2n) is 9.86. The van der Waals surface area contributed by atoms with E-state index in [-0.39, 0.29) is 18.9 Å². The number of aliphatic carboxylic acids is 1. The largest absolute Gasteiger partial charge is 0.480 e. The standard InChI is InChI=1S/C31H31N3O7/c1-18(33-31(40)41-17-25-23-14-8-6-12-21(23)22-13-7-9-15-24(22)25)27(28(36)29(37)32-19(2)30(38)39)34-26(35)16-20-10-4-3-5-11-20/h3-15,18-19,25,27H,16-17H2,1-2H3,(H,32,37)(H,33,40)(H,34,35)(H,38,39)/t18-,19+,27+/m1/s1. The highest BCUT2D eigenvalue weighted by atomic mass is 16.5. The molecule has 41 heavy (non-hydrogen) atoms. The van der Waals surface area contributed by atoms with Gasteiger partial charge in [0, 0.05) is 5.92 Å². The monoisotopic (exact) mass is 557 g/mol. The molecule has 3 aromatic carbocycles. The molecule has 0 aromatic heterocycles. The van der Waals surface area contributed by atoms with Gasteiger partial charge in [-0.1, -0.05) is 78.9 Å². The van der Waals surface area contributed by atoms with Gasteiger partial charge in [-0.05, 0) is 41.7 Å². The predicted octanol–water partition coefficient (Wildman–Crippen LogP) is 2.80. The zero-order valence-corrected chi connectivity index (χ0v) is 22.6. The third-order valence-corrected chi connectivity index (χ3v) is 6.94. The lowest BCUT2D eigenvalue weighted by Gasteiger charge is -2.25. The lowest BCUT2D eigenvalue weighted by molar-refractivity contribution is -0.145. The first-order chi connectivity index (χ1) is 19.7. The van der Waals surface area contributed by atoms with Crippen LogP contribution in [0.25, 0.3) is 11.1 Å². The number of Topliss-reactive ketones (excluding diaryl/α,β-unsaturated/α-hetero) is 1. The summed E-state index contributed by atoms with van der Waals surface area (Å²) < 4.78 is 5.55. The zero-order chi connectivity index (χ0) is 29.5. The van der Waals surface area contributed by atoms with E-state index in [1.165, 1.54) is 13.8 Å². The van der Waals surface area contributed by atoms with Crippen LogP contribution in [0.3, 0.4) is 0 Å². The topological polar surface area (TPSA) is 151 Å². The summed E-state index contributed by atoms with van der Waals surface area (Å²) in [4.78, 5) is 62.3. The first kappa shape index (κ1) is 29.0. The van der Waals surface area contributed by atoms with Crippen molar-refractivity contribution in [3.63, 3.8) is 0 Å². The summed E-state index contributed by atoms with van der Waals surface area (Å²) in [5.74, 6) is -4.39. The van der Waals surface area contributed by atoms with Crippen molar-refractivity contribution >= 4 is 29.7 Å². The number of carbonyl (C=O) groups is 5. The molecule has 0 bridgehead atoms. The van der Waals surface area contributed by atoms with Crippen LogP contribution in [-0.2, 0) is 30.3 Å². The van der Waals surface area contributed by atoms with Gasteiger partial charge < -0.3 is 25.8 Å². The minimum Gasteiger partial charge on any atom is -0.480 e. The van der Waals surface area contributed by atoms with Crippen LogP contribution >= 0.6 is 0 Å². The molecule has 1 aliphatic rings. The number of ether oxygens (including phenoxy) is 1. The zero-order valence-electron chi connectivity index (χ0n) is 22.6. The minimum atomic E-state index is -1.48. The van der Waals surface area contributed by atoms with Crippen molar-refractivity contribution in [2.45, 2.75) is 44.3 Å². The number of benzene rings is 3. The predicted molar refractivity (Wildman–Crippen MR) is 150 cm³/mol. The molecular weight excluding hydrogens is 526 g/mol. The summed E-state index contributed by atoms with van der Waals surface area (Å²) in [7, 11) is 0. The number of carboxylic acids is 1. The highest BCUT2D eigenvalue weighted by Crippen LogP contribution is 2.44. The van der Waals surface area contributed by atoms with Gasteiger partial charge >= 0.3 is 12.1 Å². The van der Waals surface area contributed by atoms with Crippen molar-refractivity contribution in [3.8, 4) is 11.1 Å². The maximum atomic E-state index is 13.0. The van der Waals surface area contributed by atoms with E-state index in [0.29, 0.717) is 5.56 Å². The van der Waals surface area contributed by atoms with Gasteiger partial charge in [0.2, 0.25) is 11.7 Å². The number of ketones is 1. The number of hydrogen-bond donors (Lipinski definition) is 4. The Balaban J connectivity index is 1.44. The Hall–Kier alpha value is -4.99. The molecule has 4 N–H and O–H groups in total. The minimum absolute atomic E-state index is 0.0299. The van der Waals surface area contributed by atoms with Crippen LogP contribution in [0.15, 0.2) is 78.9 Å². The quantitative estimate of drug-likeness (QED) is 0.265. The second-order valence-corrected chi connectivity index (χ2v) is 9.86. The number of fused-ring (bicyclic) bond motifs is 3. The average Bonchev–Trinajstić information content (AvgIpc) is 3.28. The number of rotatable bonds is 11. The number of alkyl carbamates (subject to hydrolysis) is 1. The lowest BCUT2D eigenvalue weighted by atomic mass is 9.98. The maximum absolute atomic E-state index is 13.0. The van der Waals surface area contributed by atoms with E-state index >= 15 is 0 Å². The Morgan fingerprint density at radius 1 is 0.780 bits per heavy atom. The molecule has 4 rings (SSSR count). The molecular formula is C31H31N3O7. The van der Waals surface area contributed by atoms with Crippen molar-refractivity contribution in [2.75, 3.05) is 6.61 Å². The van der Waals surface area contributed by atoms with Crippen LogP contribution < -0.4 is 16.0 Å². The first-order valence-corrected chi connectivity index (χ1v) is 13.2. The molecule has 0 aliphatic heterocycles.